The van der Waals surface area contributed by atoms with Crippen LogP contribution in [-0.4, -0.2) is 32.2 Å². The lowest BCUT2D eigenvalue weighted by molar-refractivity contribution is 0.0600. The first kappa shape index (κ1) is 12.8. The maximum Gasteiger partial charge on any atom is 0.337 e. The number of carbonyl (C=O) groups is 1. The molecule has 1 aromatic carbocycles. The van der Waals surface area contributed by atoms with Crippen LogP contribution in [0.5, 0.6) is 0 Å². The van der Waals surface area contributed by atoms with E-state index in [4.69, 9.17) is 0 Å². The van der Waals surface area contributed by atoms with E-state index in [-0.39, 0.29) is 5.82 Å². The number of halogens is 1. The molecule has 4 nitrogen and oxygen atoms in total. The summed E-state index contributed by atoms with van der Waals surface area (Å²) in [5, 5.41) is 6.35. The first-order valence-electron chi connectivity index (χ1n) is 6.06. The molecule has 1 heterocycles. The monoisotopic (exact) mass is 252 g/mol. The molecule has 0 aromatic heterocycles. The molecule has 0 amide bonds. The summed E-state index contributed by atoms with van der Waals surface area (Å²) in [6.07, 6.45) is 2.24. The van der Waals surface area contributed by atoms with Crippen LogP contribution < -0.4 is 10.6 Å². The van der Waals surface area contributed by atoms with Crippen molar-refractivity contribution in [3.8, 4) is 0 Å². The summed E-state index contributed by atoms with van der Waals surface area (Å²) in [5.41, 5.74) is 0.687. The van der Waals surface area contributed by atoms with Crippen LogP contribution in [0.3, 0.4) is 0 Å². The highest BCUT2D eigenvalue weighted by Crippen LogP contribution is 2.17. The van der Waals surface area contributed by atoms with Crippen molar-refractivity contribution in [2.24, 2.45) is 0 Å². The molecule has 98 valence electrons. The van der Waals surface area contributed by atoms with Gasteiger partial charge in [-0.2, -0.15) is 0 Å². The third kappa shape index (κ3) is 2.98. The van der Waals surface area contributed by atoms with Gasteiger partial charge in [-0.1, -0.05) is 0 Å². The van der Waals surface area contributed by atoms with Crippen molar-refractivity contribution >= 4 is 11.7 Å². The molecule has 18 heavy (non-hydrogen) atoms. The molecule has 2 rings (SSSR count). The molecule has 1 atom stereocenters. The van der Waals surface area contributed by atoms with Gasteiger partial charge in [0.05, 0.1) is 18.4 Å². The Kier molecular flexibility index (Phi) is 4.15. The van der Waals surface area contributed by atoms with Crippen molar-refractivity contribution in [3.05, 3.63) is 29.6 Å². The minimum atomic E-state index is -0.461. The topological polar surface area (TPSA) is 50.4 Å². The van der Waals surface area contributed by atoms with Crippen LogP contribution >= 0.6 is 0 Å². The summed E-state index contributed by atoms with van der Waals surface area (Å²) in [6.45, 7) is 1.67. The summed E-state index contributed by atoms with van der Waals surface area (Å²) in [6, 6.07) is 4.54. The lowest BCUT2D eigenvalue weighted by Crippen LogP contribution is -2.29. The van der Waals surface area contributed by atoms with Crippen LogP contribution in [0.2, 0.25) is 0 Å². The van der Waals surface area contributed by atoms with E-state index in [0.717, 1.165) is 19.4 Å². The molecule has 1 fully saturated rings. The number of anilines is 1. The largest absolute Gasteiger partial charge is 0.465 e. The van der Waals surface area contributed by atoms with Gasteiger partial charge < -0.3 is 15.4 Å². The average molecular weight is 252 g/mol. The van der Waals surface area contributed by atoms with Crippen LogP contribution in [-0.2, 0) is 4.74 Å². The van der Waals surface area contributed by atoms with Gasteiger partial charge in [0.15, 0.2) is 0 Å². The minimum absolute atomic E-state index is 0.339. The predicted octanol–water partition coefficient (Wildman–Crippen LogP) is 1.78. The lowest BCUT2D eigenvalue weighted by atomic mass is 10.1. The molecule has 1 aromatic rings. The van der Waals surface area contributed by atoms with E-state index in [0.29, 0.717) is 23.8 Å². The SMILES string of the molecule is COC(=O)c1ccc(F)c(NCC2CCCN2)c1. The highest BCUT2D eigenvalue weighted by atomic mass is 19.1. The molecule has 0 saturated carbocycles. The van der Waals surface area contributed by atoms with Crippen molar-refractivity contribution in [1.29, 1.82) is 0 Å². The molecule has 5 heteroatoms. The Morgan fingerprint density at radius 1 is 1.61 bits per heavy atom. The Hall–Kier alpha value is -1.62. The minimum Gasteiger partial charge on any atom is -0.465 e. The fourth-order valence-corrected chi connectivity index (χ4v) is 2.07. The molecular weight excluding hydrogens is 235 g/mol. The Balaban J connectivity index is 2.03. The van der Waals surface area contributed by atoms with Gasteiger partial charge in [0.1, 0.15) is 5.82 Å². The van der Waals surface area contributed by atoms with Gasteiger partial charge in [-0.15, -0.1) is 0 Å². The molecule has 0 aliphatic carbocycles. The summed E-state index contributed by atoms with van der Waals surface area (Å²) in [4.78, 5) is 11.4. The Morgan fingerprint density at radius 3 is 3.11 bits per heavy atom. The number of methoxy groups -OCH3 is 1. The Bertz CT molecular complexity index is 431. The lowest BCUT2D eigenvalue weighted by Gasteiger charge is -2.13. The summed E-state index contributed by atoms with van der Waals surface area (Å²) < 4.78 is 18.2. The average Bonchev–Trinajstić information content (AvgIpc) is 2.90. The number of rotatable bonds is 4. The molecular formula is C13H17FN2O2. The van der Waals surface area contributed by atoms with E-state index < -0.39 is 5.97 Å². The quantitative estimate of drug-likeness (QED) is 0.802. The van der Waals surface area contributed by atoms with Gasteiger partial charge >= 0.3 is 5.97 Å². The highest BCUT2D eigenvalue weighted by Gasteiger charge is 2.15. The number of nitrogens with one attached hydrogen (secondary N) is 2. The van der Waals surface area contributed by atoms with E-state index in [1.165, 1.54) is 25.3 Å². The summed E-state index contributed by atoms with van der Waals surface area (Å²) in [5.74, 6) is -0.822. The van der Waals surface area contributed by atoms with Crippen molar-refractivity contribution in [2.45, 2.75) is 18.9 Å². The van der Waals surface area contributed by atoms with E-state index in [1.807, 2.05) is 0 Å². The molecule has 0 spiro atoms. The summed E-state index contributed by atoms with van der Waals surface area (Å²) >= 11 is 0. The van der Waals surface area contributed by atoms with Crippen LogP contribution in [0.25, 0.3) is 0 Å². The zero-order valence-electron chi connectivity index (χ0n) is 10.3. The molecule has 1 aliphatic rings. The molecule has 0 bridgehead atoms. The van der Waals surface area contributed by atoms with E-state index in [9.17, 15) is 9.18 Å². The van der Waals surface area contributed by atoms with Crippen LogP contribution in [0.15, 0.2) is 18.2 Å². The third-order valence-corrected chi connectivity index (χ3v) is 3.09. The maximum absolute atomic E-state index is 13.6. The van der Waals surface area contributed by atoms with Crippen molar-refractivity contribution in [1.82, 2.24) is 5.32 Å². The van der Waals surface area contributed by atoms with E-state index in [2.05, 4.69) is 15.4 Å². The number of hydrogen-bond acceptors (Lipinski definition) is 4. The second kappa shape index (κ2) is 5.82. The van der Waals surface area contributed by atoms with Gasteiger partial charge in [0.2, 0.25) is 0 Å². The first-order valence-corrected chi connectivity index (χ1v) is 6.06. The predicted molar refractivity (Wildman–Crippen MR) is 67.3 cm³/mol. The van der Waals surface area contributed by atoms with Gasteiger partial charge in [-0.05, 0) is 37.6 Å². The zero-order chi connectivity index (χ0) is 13.0. The Morgan fingerprint density at radius 2 is 2.44 bits per heavy atom. The van der Waals surface area contributed by atoms with Gasteiger partial charge in [0.25, 0.3) is 0 Å². The fraction of sp³-hybridized carbons (Fsp3) is 0.462. The normalized spacial score (nSPS) is 18.7. The van der Waals surface area contributed by atoms with Crippen LogP contribution in [0.4, 0.5) is 10.1 Å². The highest BCUT2D eigenvalue weighted by molar-refractivity contribution is 5.90. The first-order chi connectivity index (χ1) is 8.70. The van der Waals surface area contributed by atoms with Crippen LogP contribution in [0, 0.1) is 5.82 Å². The van der Waals surface area contributed by atoms with E-state index >= 15 is 0 Å². The number of hydrogen-bond donors (Lipinski definition) is 2. The number of ether oxygens (including phenoxy) is 1. The van der Waals surface area contributed by atoms with Crippen molar-refractivity contribution in [3.63, 3.8) is 0 Å². The van der Waals surface area contributed by atoms with Crippen LogP contribution in [0.1, 0.15) is 23.2 Å². The molecule has 2 N–H and O–H groups in total. The zero-order valence-corrected chi connectivity index (χ0v) is 10.3. The molecule has 0 radical (unpaired) electrons. The number of esters is 1. The number of carbonyl (C=O) groups excluding carboxylic acids is 1. The van der Waals surface area contributed by atoms with Gasteiger partial charge in [-0.3, -0.25) is 0 Å². The second-order valence-electron chi connectivity index (χ2n) is 4.36. The van der Waals surface area contributed by atoms with Crippen molar-refractivity contribution < 1.29 is 13.9 Å². The van der Waals surface area contributed by atoms with Crippen molar-refractivity contribution in [2.75, 3.05) is 25.5 Å². The van der Waals surface area contributed by atoms with Gasteiger partial charge in [0, 0.05) is 12.6 Å². The molecule has 1 aliphatic heterocycles. The standard InChI is InChI=1S/C13H17FN2O2/c1-18-13(17)9-4-5-11(14)12(7-9)16-8-10-3-2-6-15-10/h4-5,7,10,15-16H,2-3,6,8H2,1H3. The Labute approximate surface area is 106 Å². The smallest absolute Gasteiger partial charge is 0.337 e. The second-order valence-corrected chi connectivity index (χ2v) is 4.36. The van der Waals surface area contributed by atoms with Gasteiger partial charge in [-0.25, -0.2) is 9.18 Å². The molecule has 1 unspecified atom stereocenters. The summed E-state index contributed by atoms with van der Waals surface area (Å²) in [7, 11) is 1.31. The third-order valence-electron chi connectivity index (χ3n) is 3.09. The number of benzene rings is 1. The maximum atomic E-state index is 13.6. The molecule has 1 saturated heterocycles. The van der Waals surface area contributed by atoms with E-state index in [1.54, 1.807) is 0 Å². The fourth-order valence-electron chi connectivity index (χ4n) is 2.07.